The first-order chi connectivity index (χ1) is 11.7. The molecule has 0 fully saturated rings. The topological polar surface area (TPSA) is 64.1 Å². The first-order valence-corrected chi connectivity index (χ1v) is 8.13. The molecule has 1 aliphatic carbocycles. The Bertz CT molecular complexity index is 597. The van der Waals surface area contributed by atoms with Crippen molar-refractivity contribution in [1.29, 1.82) is 0 Å². The maximum Gasteiger partial charge on any atom is 0.203 e. The molecular formula is C18H28IN3O3. The van der Waals surface area contributed by atoms with E-state index in [9.17, 15) is 0 Å². The Hall–Kier alpha value is -1.64. The highest BCUT2D eigenvalue weighted by molar-refractivity contribution is 14.0. The molecule has 0 aromatic heterocycles. The molecule has 140 valence electrons. The first kappa shape index (κ1) is 21.4. The summed E-state index contributed by atoms with van der Waals surface area (Å²) in [5, 5.41) is 6.77. The Morgan fingerprint density at radius 2 is 1.76 bits per heavy atom. The van der Waals surface area contributed by atoms with Gasteiger partial charge >= 0.3 is 0 Å². The molecule has 7 heteroatoms. The molecule has 0 bridgehead atoms. The molecule has 0 spiro atoms. The van der Waals surface area contributed by atoms with Gasteiger partial charge in [0.2, 0.25) is 5.75 Å². The lowest BCUT2D eigenvalue weighted by Gasteiger charge is -2.18. The molecule has 0 aliphatic heterocycles. The van der Waals surface area contributed by atoms with E-state index >= 15 is 0 Å². The highest BCUT2D eigenvalue weighted by Gasteiger charge is 2.16. The summed E-state index contributed by atoms with van der Waals surface area (Å²) >= 11 is 0. The fourth-order valence-corrected chi connectivity index (χ4v) is 2.80. The number of rotatable bonds is 7. The van der Waals surface area contributed by atoms with Crippen LogP contribution in [0.2, 0.25) is 0 Å². The molecule has 1 aromatic carbocycles. The van der Waals surface area contributed by atoms with Gasteiger partial charge in [0.25, 0.3) is 0 Å². The van der Waals surface area contributed by atoms with Gasteiger partial charge in [-0.2, -0.15) is 0 Å². The standard InChI is InChI=1S/C18H27N3O3.HI/c1-19-18(21-14-7-5-6-8-14)20-12-11-13-9-10-15(22-2)17(24-4)16(13)23-3;/h5-6,9-10,14H,7-8,11-12H2,1-4H3,(H2,19,20,21);1H. The third-order valence-corrected chi connectivity index (χ3v) is 4.04. The van der Waals surface area contributed by atoms with Gasteiger partial charge in [0.1, 0.15) is 0 Å². The van der Waals surface area contributed by atoms with Crippen molar-refractivity contribution < 1.29 is 14.2 Å². The zero-order chi connectivity index (χ0) is 17.4. The first-order valence-electron chi connectivity index (χ1n) is 8.13. The van der Waals surface area contributed by atoms with E-state index in [0.29, 0.717) is 23.3 Å². The normalized spacial score (nSPS) is 14.0. The lowest BCUT2D eigenvalue weighted by atomic mass is 10.1. The summed E-state index contributed by atoms with van der Waals surface area (Å²) in [4.78, 5) is 4.28. The molecule has 2 N–H and O–H groups in total. The SMILES string of the molecule is CN=C(NCCc1ccc(OC)c(OC)c1OC)NC1CC=CC1.I. The van der Waals surface area contributed by atoms with Crippen LogP contribution in [-0.2, 0) is 6.42 Å². The number of hydrogen-bond donors (Lipinski definition) is 2. The van der Waals surface area contributed by atoms with E-state index in [2.05, 4.69) is 27.8 Å². The summed E-state index contributed by atoms with van der Waals surface area (Å²) in [6.45, 7) is 0.742. The molecule has 0 saturated heterocycles. The van der Waals surface area contributed by atoms with Crippen molar-refractivity contribution in [3.05, 3.63) is 29.8 Å². The van der Waals surface area contributed by atoms with Crippen LogP contribution in [0.15, 0.2) is 29.3 Å². The molecule has 1 aliphatic rings. The molecule has 6 nitrogen and oxygen atoms in total. The maximum atomic E-state index is 5.51. The van der Waals surface area contributed by atoms with Crippen LogP contribution >= 0.6 is 24.0 Å². The third kappa shape index (κ3) is 5.69. The number of benzene rings is 1. The zero-order valence-electron chi connectivity index (χ0n) is 15.3. The average Bonchev–Trinajstić information content (AvgIpc) is 3.13. The van der Waals surface area contributed by atoms with Gasteiger partial charge in [-0.1, -0.05) is 18.2 Å². The van der Waals surface area contributed by atoms with Crippen molar-refractivity contribution in [1.82, 2.24) is 10.6 Å². The molecule has 0 saturated carbocycles. The van der Waals surface area contributed by atoms with E-state index in [-0.39, 0.29) is 24.0 Å². The van der Waals surface area contributed by atoms with Gasteiger partial charge in [-0.3, -0.25) is 4.99 Å². The Labute approximate surface area is 167 Å². The van der Waals surface area contributed by atoms with Crippen LogP contribution in [-0.4, -0.2) is 46.9 Å². The molecule has 0 radical (unpaired) electrons. The molecule has 0 heterocycles. The smallest absolute Gasteiger partial charge is 0.203 e. The summed E-state index contributed by atoms with van der Waals surface area (Å²) in [6, 6.07) is 4.33. The Morgan fingerprint density at radius 3 is 2.32 bits per heavy atom. The second-order valence-corrected chi connectivity index (χ2v) is 5.53. The van der Waals surface area contributed by atoms with Crippen molar-refractivity contribution in [2.24, 2.45) is 4.99 Å². The van der Waals surface area contributed by atoms with Crippen LogP contribution in [0.4, 0.5) is 0 Å². The minimum Gasteiger partial charge on any atom is -0.493 e. The van der Waals surface area contributed by atoms with Crippen LogP contribution < -0.4 is 24.8 Å². The van der Waals surface area contributed by atoms with Gasteiger partial charge in [-0.15, -0.1) is 24.0 Å². The summed E-state index contributed by atoms with van der Waals surface area (Å²) in [5.74, 6) is 2.82. The van der Waals surface area contributed by atoms with E-state index in [1.54, 1.807) is 28.4 Å². The predicted octanol–water partition coefficient (Wildman–Crippen LogP) is 2.76. The second kappa shape index (κ2) is 11.1. The number of guanidine groups is 1. The van der Waals surface area contributed by atoms with Gasteiger partial charge in [0.15, 0.2) is 17.5 Å². The summed E-state index contributed by atoms with van der Waals surface area (Å²) in [6.07, 6.45) is 7.26. The number of nitrogens with zero attached hydrogens (tertiary/aromatic N) is 1. The van der Waals surface area contributed by atoms with E-state index in [4.69, 9.17) is 14.2 Å². The molecule has 0 atom stereocenters. The molecule has 2 rings (SSSR count). The third-order valence-electron chi connectivity index (χ3n) is 4.04. The van der Waals surface area contributed by atoms with Crippen LogP contribution in [0.25, 0.3) is 0 Å². The van der Waals surface area contributed by atoms with Crippen LogP contribution in [0.3, 0.4) is 0 Å². The van der Waals surface area contributed by atoms with Gasteiger partial charge in [-0.05, 0) is 25.3 Å². The Morgan fingerprint density at radius 1 is 1.08 bits per heavy atom. The van der Waals surface area contributed by atoms with Crippen LogP contribution in [0, 0.1) is 0 Å². The highest BCUT2D eigenvalue weighted by Crippen LogP contribution is 2.39. The van der Waals surface area contributed by atoms with Gasteiger partial charge in [0.05, 0.1) is 21.3 Å². The van der Waals surface area contributed by atoms with Crippen molar-refractivity contribution in [3.63, 3.8) is 0 Å². The Kier molecular flexibility index (Phi) is 9.48. The minimum atomic E-state index is 0. The van der Waals surface area contributed by atoms with Crippen molar-refractivity contribution >= 4 is 29.9 Å². The van der Waals surface area contributed by atoms with Gasteiger partial charge in [-0.25, -0.2) is 0 Å². The van der Waals surface area contributed by atoms with Crippen molar-refractivity contribution in [3.8, 4) is 17.2 Å². The number of halogens is 1. The fourth-order valence-electron chi connectivity index (χ4n) is 2.80. The second-order valence-electron chi connectivity index (χ2n) is 5.53. The van der Waals surface area contributed by atoms with Crippen LogP contribution in [0.1, 0.15) is 18.4 Å². The zero-order valence-corrected chi connectivity index (χ0v) is 17.6. The molecule has 1 aromatic rings. The molecule has 0 unspecified atom stereocenters. The molecule has 25 heavy (non-hydrogen) atoms. The minimum absolute atomic E-state index is 0. The van der Waals surface area contributed by atoms with Gasteiger partial charge < -0.3 is 24.8 Å². The monoisotopic (exact) mass is 461 g/mol. The average molecular weight is 461 g/mol. The number of nitrogens with one attached hydrogen (secondary N) is 2. The van der Waals surface area contributed by atoms with E-state index in [1.165, 1.54) is 0 Å². The lowest BCUT2D eigenvalue weighted by Crippen LogP contribution is -2.43. The summed E-state index contributed by atoms with van der Waals surface area (Å²) < 4.78 is 16.2. The maximum absolute atomic E-state index is 5.51. The predicted molar refractivity (Wildman–Crippen MR) is 112 cm³/mol. The van der Waals surface area contributed by atoms with E-state index in [0.717, 1.165) is 37.3 Å². The number of ether oxygens (including phenoxy) is 3. The fraction of sp³-hybridized carbons (Fsp3) is 0.500. The molecule has 0 amide bonds. The Balaban J connectivity index is 0.00000312. The van der Waals surface area contributed by atoms with Crippen molar-refractivity contribution in [2.75, 3.05) is 34.9 Å². The lowest BCUT2D eigenvalue weighted by molar-refractivity contribution is 0.322. The van der Waals surface area contributed by atoms with E-state index < -0.39 is 0 Å². The van der Waals surface area contributed by atoms with Crippen molar-refractivity contribution in [2.45, 2.75) is 25.3 Å². The molecular weight excluding hydrogens is 433 g/mol. The number of aliphatic imine (C=N–C) groups is 1. The van der Waals surface area contributed by atoms with Crippen LogP contribution in [0.5, 0.6) is 17.2 Å². The van der Waals surface area contributed by atoms with Gasteiger partial charge in [0, 0.05) is 25.2 Å². The largest absolute Gasteiger partial charge is 0.493 e. The highest BCUT2D eigenvalue weighted by atomic mass is 127. The quantitative estimate of drug-likeness (QED) is 0.283. The number of methoxy groups -OCH3 is 3. The number of hydrogen-bond acceptors (Lipinski definition) is 4. The summed E-state index contributed by atoms with van der Waals surface area (Å²) in [7, 11) is 6.66. The van der Waals surface area contributed by atoms with E-state index in [1.807, 2.05) is 12.1 Å². The summed E-state index contributed by atoms with van der Waals surface area (Å²) in [5.41, 5.74) is 1.06.